The zero-order chi connectivity index (χ0) is 26.2. The topological polar surface area (TPSA) is 134 Å². The normalized spacial score (nSPS) is 14.9. The number of aryl methyl sites for hydroxylation is 1. The number of nitrogens with zero attached hydrogens (tertiary/aromatic N) is 1. The van der Waals surface area contributed by atoms with E-state index in [9.17, 15) is 24.3 Å². The molecule has 0 radical (unpaired) electrons. The summed E-state index contributed by atoms with van der Waals surface area (Å²) in [5.41, 5.74) is 0.638. The van der Waals surface area contributed by atoms with E-state index < -0.39 is 48.2 Å². The summed E-state index contributed by atoms with van der Waals surface area (Å²) in [6.45, 7) is 8.24. The van der Waals surface area contributed by atoms with Crippen LogP contribution >= 0.6 is 0 Å². The van der Waals surface area contributed by atoms with Crippen LogP contribution in [0.15, 0.2) is 24.3 Å². The SMILES string of the molecule is CCOC(=O)CCNC(=O)C(c1ccccc1C)N(C(=O)C(CO)NC(=O)OC(C)(C)C)C1CC1. The average Bonchev–Trinajstić information content (AvgIpc) is 3.60. The Morgan fingerprint density at radius 3 is 2.37 bits per heavy atom. The number of nitrogens with one attached hydrogen (secondary N) is 2. The number of aliphatic hydroxyl groups is 1. The number of ether oxygens (including phenoxy) is 2. The van der Waals surface area contributed by atoms with E-state index in [0.717, 1.165) is 5.56 Å². The first kappa shape index (κ1) is 28.1. The molecule has 194 valence electrons. The summed E-state index contributed by atoms with van der Waals surface area (Å²) < 4.78 is 10.1. The number of carbonyl (C=O) groups excluding carboxylic acids is 4. The van der Waals surface area contributed by atoms with Crippen LogP contribution in [-0.2, 0) is 23.9 Å². The van der Waals surface area contributed by atoms with E-state index in [0.29, 0.717) is 18.4 Å². The highest BCUT2D eigenvalue weighted by atomic mass is 16.6. The third kappa shape index (κ3) is 8.54. The zero-order valence-corrected chi connectivity index (χ0v) is 21.1. The fourth-order valence-corrected chi connectivity index (χ4v) is 3.61. The highest BCUT2D eigenvalue weighted by molar-refractivity contribution is 5.93. The van der Waals surface area contributed by atoms with Gasteiger partial charge in [0.1, 0.15) is 17.7 Å². The van der Waals surface area contributed by atoms with Crippen LogP contribution < -0.4 is 10.6 Å². The van der Waals surface area contributed by atoms with Crippen LogP contribution in [0.3, 0.4) is 0 Å². The lowest BCUT2D eigenvalue weighted by molar-refractivity contribution is -0.145. The first-order chi connectivity index (χ1) is 16.5. The van der Waals surface area contributed by atoms with Gasteiger partial charge in [0.15, 0.2) is 0 Å². The van der Waals surface area contributed by atoms with Crippen molar-refractivity contribution in [2.24, 2.45) is 0 Å². The molecule has 2 atom stereocenters. The van der Waals surface area contributed by atoms with Gasteiger partial charge in [0.25, 0.3) is 0 Å². The van der Waals surface area contributed by atoms with Crippen molar-refractivity contribution in [2.75, 3.05) is 19.8 Å². The summed E-state index contributed by atoms with van der Waals surface area (Å²) in [5, 5.41) is 15.1. The molecule has 2 rings (SSSR count). The van der Waals surface area contributed by atoms with E-state index in [1.807, 2.05) is 19.1 Å². The summed E-state index contributed by atoms with van der Waals surface area (Å²) in [6.07, 6.45) is 0.535. The van der Waals surface area contributed by atoms with Crippen molar-refractivity contribution in [3.8, 4) is 0 Å². The summed E-state index contributed by atoms with van der Waals surface area (Å²) in [4.78, 5) is 52.4. The minimum Gasteiger partial charge on any atom is -0.466 e. The molecule has 1 aliphatic rings. The van der Waals surface area contributed by atoms with E-state index in [-0.39, 0.29) is 25.6 Å². The van der Waals surface area contributed by atoms with Crippen LogP contribution in [0.5, 0.6) is 0 Å². The number of hydrogen-bond donors (Lipinski definition) is 3. The number of amides is 3. The molecule has 2 unspecified atom stereocenters. The minimum atomic E-state index is -1.29. The first-order valence-corrected chi connectivity index (χ1v) is 11.9. The second-order valence-electron chi connectivity index (χ2n) is 9.46. The van der Waals surface area contributed by atoms with Gasteiger partial charge in [-0.2, -0.15) is 0 Å². The number of hydrogen-bond acceptors (Lipinski definition) is 7. The number of esters is 1. The number of benzene rings is 1. The number of alkyl carbamates (subject to hydrolysis) is 1. The summed E-state index contributed by atoms with van der Waals surface area (Å²) in [5.74, 6) is -1.48. The molecule has 1 aromatic rings. The van der Waals surface area contributed by atoms with Crippen molar-refractivity contribution in [2.45, 2.75) is 77.6 Å². The second-order valence-corrected chi connectivity index (χ2v) is 9.46. The highest BCUT2D eigenvalue weighted by Gasteiger charge is 2.44. The molecule has 3 N–H and O–H groups in total. The highest BCUT2D eigenvalue weighted by Crippen LogP contribution is 2.36. The lowest BCUT2D eigenvalue weighted by Crippen LogP contribution is -2.55. The molecule has 0 aromatic heterocycles. The van der Waals surface area contributed by atoms with Crippen molar-refractivity contribution < 1.29 is 33.8 Å². The Hall–Kier alpha value is -3.14. The molecule has 10 nitrogen and oxygen atoms in total. The molecular formula is C25H37N3O7. The van der Waals surface area contributed by atoms with E-state index in [4.69, 9.17) is 9.47 Å². The Bertz CT molecular complexity index is 909. The molecule has 0 aliphatic heterocycles. The molecular weight excluding hydrogens is 454 g/mol. The Morgan fingerprint density at radius 1 is 1.17 bits per heavy atom. The lowest BCUT2D eigenvalue weighted by Gasteiger charge is -2.34. The van der Waals surface area contributed by atoms with Crippen molar-refractivity contribution in [3.05, 3.63) is 35.4 Å². The van der Waals surface area contributed by atoms with Crippen LogP contribution in [0, 0.1) is 6.92 Å². The summed E-state index contributed by atoms with van der Waals surface area (Å²) in [6, 6.07) is 4.70. The fraction of sp³-hybridized carbons (Fsp3) is 0.600. The maximum Gasteiger partial charge on any atom is 0.408 e. The van der Waals surface area contributed by atoms with Gasteiger partial charge < -0.3 is 30.1 Å². The third-order valence-electron chi connectivity index (χ3n) is 5.31. The number of aliphatic hydroxyl groups excluding tert-OH is 1. The first-order valence-electron chi connectivity index (χ1n) is 11.9. The largest absolute Gasteiger partial charge is 0.466 e. The predicted octanol–water partition coefficient (Wildman–Crippen LogP) is 1.98. The standard InChI is InChI=1S/C25H37N3O7/c1-6-34-20(30)13-14-26-22(31)21(18-10-8-7-9-16(18)2)28(17-11-12-17)23(32)19(15-29)27-24(33)35-25(3,4)5/h7-10,17,19,21,29H,6,11-15H2,1-5H3,(H,26,31)(H,27,33). The van der Waals surface area contributed by atoms with Crippen LogP contribution in [0.25, 0.3) is 0 Å². The van der Waals surface area contributed by atoms with E-state index in [1.54, 1.807) is 39.8 Å². The van der Waals surface area contributed by atoms with Gasteiger partial charge in [0.05, 0.1) is 19.6 Å². The monoisotopic (exact) mass is 491 g/mol. The molecule has 0 bridgehead atoms. The predicted molar refractivity (Wildman–Crippen MR) is 128 cm³/mol. The quantitative estimate of drug-likeness (QED) is 0.403. The molecule has 0 saturated heterocycles. The van der Waals surface area contributed by atoms with Gasteiger partial charge in [-0.3, -0.25) is 14.4 Å². The van der Waals surface area contributed by atoms with E-state index >= 15 is 0 Å². The fourth-order valence-electron chi connectivity index (χ4n) is 3.61. The summed E-state index contributed by atoms with van der Waals surface area (Å²) >= 11 is 0. The van der Waals surface area contributed by atoms with E-state index in [1.165, 1.54) is 4.90 Å². The number of carbonyl (C=O) groups is 4. The molecule has 3 amide bonds. The van der Waals surface area contributed by atoms with E-state index in [2.05, 4.69) is 10.6 Å². The molecule has 0 heterocycles. The van der Waals surface area contributed by atoms with Gasteiger partial charge in [-0.05, 0) is 58.6 Å². The van der Waals surface area contributed by atoms with Gasteiger partial charge >= 0.3 is 12.1 Å². The maximum absolute atomic E-state index is 13.6. The third-order valence-corrected chi connectivity index (χ3v) is 5.31. The Balaban J connectivity index is 2.31. The van der Waals surface area contributed by atoms with Gasteiger partial charge in [0.2, 0.25) is 11.8 Å². The van der Waals surface area contributed by atoms with Crippen molar-refractivity contribution in [1.29, 1.82) is 0 Å². The second kappa shape index (κ2) is 12.5. The van der Waals surface area contributed by atoms with Crippen LogP contribution in [0.1, 0.15) is 64.1 Å². The Kier molecular flexibility index (Phi) is 10.1. The molecule has 35 heavy (non-hydrogen) atoms. The lowest BCUT2D eigenvalue weighted by atomic mass is 9.98. The maximum atomic E-state index is 13.6. The summed E-state index contributed by atoms with van der Waals surface area (Å²) in [7, 11) is 0. The zero-order valence-electron chi connectivity index (χ0n) is 21.1. The van der Waals surface area contributed by atoms with Gasteiger partial charge in [-0.15, -0.1) is 0 Å². The Labute approximate surface area is 206 Å². The molecule has 1 aliphatic carbocycles. The Morgan fingerprint density at radius 2 is 1.83 bits per heavy atom. The molecule has 1 aromatic carbocycles. The van der Waals surface area contributed by atoms with Gasteiger partial charge in [-0.1, -0.05) is 24.3 Å². The molecule has 1 fully saturated rings. The van der Waals surface area contributed by atoms with Gasteiger partial charge in [-0.25, -0.2) is 4.79 Å². The smallest absolute Gasteiger partial charge is 0.408 e. The van der Waals surface area contributed by atoms with Crippen LogP contribution in [0.2, 0.25) is 0 Å². The van der Waals surface area contributed by atoms with Crippen LogP contribution in [-0.4, -0.2) is 71.3 Å². The number of rotatable bonds is 11. The average molecular weight is 492 g/mol. The van der Waals surface area contributed by atoms with Crippen molar-refractivity contribution in [3.63, 3.8) is 0 Å². The molecule has 0 spiro atoms. The van der Waals surface area contributed by atoms with Gasteiger partial charge in [0, 0.05) is 12.6 Å². The van der Waals surface area contributed by atoms with Crippen molar-refractivity contribution >= 4 is 23.9 Å². The molecule has 1 saturated carbocycles. The van der Waals surface area contributed by atoms with Crippen LogP contribution in [0.4, 0.5) is 4.79 Å². The minimum absolute atomic E-state index is 0.00306. The molecule has 10 heteroatoms. The van der Waals surface area contributed by atoms with Crippen molar-refractivity contribution in [1.82, 2.24) is 15.5 Å².